The van der Waals surface area contributed by atoms with Crippen molar-refractivity contribution in [2.24, 2.45) is 18.0 Å². The van der Waals surface area contributed by atoms with E-state index in [-0.39, 0.29) is 17.0 Å². The van der Waals surface area contributed by atoms with Crippen molar-refractivity contribution in [1.82, 2.24) is 9.47 Å². The van der Waals surface area contributed by atoms with Crippen LogP contribution in [0.25, 0.3) is 0 Å². The number of rotatable bonds is 2. The lowest BCUT2D eigenvalue weighted by atomic mass is 9.92. The van der Waals surface area contributed by atoms with Crippen LogP contribution in [0, 0.1) is 5.92 Å². The normalized spacial score (nSPS) is 17.4. The molecule has 0 unspecified atom stereocenters. The first-order valence-electron chi connectivity index (χ1n) is 6.16. The molecule has 0 radical (unpaired) electrons. The van der Waals surface area contributed by atoms with Gasteiger partial charge in [0.1, 0.15) is 0 Å². The van der Waals surface area contributed by atoms with E-state index in [9.17, 15) is 4.79 Å². The van der Waals surface area contributed by atoms with E-state index in [2.05, 4.69) is 14.9 Å². The van der Waals surface area contributed by atoms with Gasteiger partial charge in [0.25, 0.3) is 0 Å². The Balaban J connectivity index is 0.00000180. The lowest BCUT2D eigenvalue weighted by Crippen LogP contribution is -2.38. The first-order valence-corrected chi connectivity index (χ1v) is 7.04. The third-order valence-corrected chi connectivity index (χ3v) is 4.65. The largest absolute Gasteiger partial charge is 0.465 e. The Morgan fingerprint density at radius 3 is 2.63 bits per heavy atom. The third kappa shape index (κ3) is 3.82. The molecule has 2 rings (SSSR count). The highest BCUT2D eigenvalue weighted by Gasteiger charge is 2.23. The summed E-state index contributed by atoms with van der Waals surface area (Å²) in [7, 11) is 3.85. The number of hydrogen-bond acceptors (Lipinski definition) is 3. The highest BCUT2D eigenvalue weighted by atomic mass is 79.9. The Kier molecular flexibility index (Phi) is 6.06. The Bertz CT molecular complexity index is 489. The van der Waals surface area contributed by atoms with Crippen LogP contribution in [-0.2, 0) is 13.5 Å². The van der Waals surface area contributed by atoms with Crippen LogP contribution in [-0.4, -0.2) is 40.8 Å². The van der Waals surface area contributed by atoms with Crippen molar-refractivity contribution in [3.63, 3.8) is 0 Å². The van der Waals surface area contributed by atoms with E-state index in [0.717, 1.165) is 24.1 Å². The van der Waals surface area contributed by atoms with Crippen LogP contribution < -0.4 is 4.80 Å². The number of piperidine rings is 1. The minimum absolute atomic E-state index is 0. The van der Waals surface area contributed by atoms with Gasteiger partial charge in [-0.05, 0) is 25.2 Å². The second kappa shape index (κ2) is 7.09. The molecule has 0 bridgehead atoms. The van der Waals surface area contributed by atoms with Gasteiger partial charge >= 0.3 is 6.09 Å². The lowest BCUT2D eigenvalue weighted by Gasteiger charge is -2.29. The van der Waals surface area contributed by atoms with Gasteiger partial charge in [0.15, 0.2) is 4.80 Å². The van der Waals surface area contributed by atoms with Gasteiger partial charge in [-0.1, -0.05) is 0 Å². The Morgan fingerprint density at radius 2 is 2.16 bits per heavy atom. The van der Waals surface area contributed by atoms with Gasteiger partial charge in [-0.25, -0.2) is 4.79 Å². The lowest BCUT2D eigenvalue weighted by molar-refractivity contribution is 0.124. The van der Waals surface area contributed by atoms with Crippen molar-refractivity contribution in [1.29, 1.82) is 0 Å². The summed E-state index contributed by atoms with van der Waals surface area (Å²) < 4.78 is 2.13. The number of halogens is 1. The molecule has 1 aromatic heterocycles. The number of carbonyl (C=O) groups is 1. The number of hydrogen-bond donors (Lipinski definition) is 1. The van der Waals surface area contributed by atoms with Crippen molar-refractivity contribution in [3.05, 3.63) is 15.9 Å². The minimum Gasteiger partial charge on any atom is -0.465 e. The number of nitrogens with zero attached hydrogens (tertiary/aromatic N) is 3. The molecule has 1 fully saturated rings. The van der Waals surface area contributed by atoms with Gasteiger partial charge in [-0.2, -0.15) is 0 Å². The van der Waals surface area contributed by atoms with Crippen molar-refractivity contribution in [3.8, 4) is 0 Å². The van der Waals surface area contributed by atoms with Gasteiger partial charge in [0.05, 0.1) is 0 Å². The van der Waals surface area contributed by atoms with Gasteiger partial charge < -0.3 is 14.6 Å². The molecule has 5 nitrogen and oxygen atoms in total. The Hall–Kier alpha value is -0.820. The van der Waals surface area contributed by atoms with Gasteiger partial charge in [0.2, 0.25) is 0 Å². The predicted molar refractivity (Wildman–Crippen MR) is 81.1 cm³/mol. The zero-order valence-electron chi connectivity index (χ0n) is 11.2. The molecule has 0 aliphatic carbocycles. The van der Waals surface area contributed by atoms with Crippen LogP contribution in [0.1, 0.15) is 18.5 Å². The molecule has 2 heterocycles. The van der Waals surface area contributed by atoms with Crippen LogP contribution in [0.5, 0.6) is 0 Å². The molecule has 0 atom stereocenters. The molecule has 0 saturated carbocycles. The average Bonchev–Trinajstić information content (AvgIpc) is 2.71. The summed E-state index contributed by atoms with van der Waals surface area (Å²) in [6, 6.07) is 0. The standard InChI is InChI=1S/C12H19N3O2S.BrH/c1-13-11-14(2)10(8-18-11)7-9-3-5-15(6-4-9)12(16)17;/h8-9H,3-7H2,1-2H3,(H,16,17);1H/b13-11-;. The molecular formula is C12H20BrN3O2S. The number of carboxylic acid groups (broad SMARTS) is 1. The van der Waals surface area contributed by atoms with E-state index in [0.29, 0.717) is 19.0 Å². The minimum atomic E-state index is -0.790. The fourth-order valence-electron chi connectivity index (χ4n) is 2.41. The molecule has 0 spiro atoms. The fraction of sp³-hybridized carbons (Fsp3) is 0.667. The Morgan fingerprint density at radius 1 is 1.53 bits per heavy atom. The highest BCUT2D eigenvalue weighted by molar-refractivity contribution is 8.93. The van der Waals surface area contributed by atoms with Crippen molar-refractivity contribution in [2.45, 2.75) is 19.3 Å². The second-order valence-corrected chi connectivity index (χ2v) is 5.55. The van der Waals surface area contributed by atoms with E-state index < -0.39 is 6.09 Å². The van der Waals surface area contributed by atoms with Crippen molar-refractivity contribution in [2.75, 3.05) is 20.1 Å². The summed E-state index contributed by atoms with van der Waals surface area (Å²) in [5, 5.41) is 11.1. The van der Waals surface area contributed by atoms with E-state index in [1.807, 2.05) is 7.05 Å². The van der Waals surface area contributed by atoms with Crippen molar-refractivity contribution < 1.29 is 9.90 Å². The van der Waals surface area contributed by atoms with Gasteiger partial charge in [-0.15, -0.1) is 28.3 Å². The molecule has 1 amide bonds. The van der Waals surface area contributed by atoms with E-state index in [4.69, 9.17) is 5.11 Å². The zero-order chi connectivity index (χ0) is 13.1. The van der Waals surface area contributed by atoms with E-state index >= 15 is 0 Å². The number of aromatic nitrogens is 1. The van der Waals surface area contributed by atoms with Crippen LogP contribution in [0.2, 0.25) is 0 Å². The predicted octanol–water partition coefficient (Wildman–Crippen LogP) is 2.13. The monoisotopic (exact) mass is 349 g/mol. The summed E-state index contributed by atoms with van der Waals surface area (Å²) in [6.45, 7) is 1.33. The third-order valence-electron chi connectivity index (χ3n) is 3.59. The molecule has 1 aromatic rings. The summed E-state index contributed by atoms with van der Waals surface area (Å²) in [5.74, 6) is 0.589. The highest BCUT2D eigenvalue weighted by Crippen LogP contribution is 2.21. The van der Waals surface area contributed by atoms with Crippen LogP contribution in [0.15, 0.2) is 10.4 Å². The van der Waals surface area contributed by atoms with Crippen LogP contribution in [0.3, 0.4) is 0 Å². The molecular weight excluding hydrogens is 330 g/mol. The molecule has 7 heteroatoms. The van der Waals surface area contributed by atoms with Crippen LogP contribution >= 0.6 is 28.3 Å². The van der Waals surface area contributed by atoms with E-state index in [1.54, 1.807) is 18.4 Å². The molecule has 1 N–H and O–H groups in total. The summed E-state index contributed by atoms with van der Waals surface area (Å²) in [6.07, 6.45) is 2.15. The van der Waals surface area contributed by atoms with E-state index in [1.165, 1.54) is 10.6 Å². The summed E-state index contributed by atoms with van der Waals surface area (Å²) in [4.78, 5) is 17.6. The van der Waals surface area contributed by atoms with Crippen molar-refractivity contribution >= 4 is 34.4 Å². The van der Waals surface area contributed by atoms with Gasteiger partial charge in [0, 0.05) is 38.3 Å². The molecule has 1 saturated heterocycles. The molecule has 1 aliphatic rings. The maximum Gasteiger partial charge on any atom is 0.407 e. The quantitative estimate of drug-likeness (QED) is 0.888. The Labute approximate surface area is 127 Å². The first kappa shape index (κ1) is 16.2. The number of amides is 1. The second-order valence-electron chi connectivity index (χ2n) is 4.71. The first-order chi connectivity index (χ1) is 8.61. The molecule has 108 valence electrons. The SMILES string of the molecule is Br.C/N=c1\scc(CC2CCN(C(=O)O)CC2)n1C. The van der Waals surface area contributed by atoms with Crippen LogP contribution in [0.4, 0.5) is 4.79 Å². The maximum atomic E-state index is 10.8. The number of likely N-dealkylation sites (tertiary alicyclic amines) is 1. The number of thiazole rings is 1. The molecule has 19 heavy (non-hydrogen) atoms. The molecule has 0 aromatic carbocycles. The smallest absolute Gasteiger partial charge is 0.407 e. The zero-order valence-corrected chi connectivity index (χ0v) is 13.7. The topological polar surface area (TPSA) is 57.8 Å². The average molecular weight is 350 g/mol. The summed E-state index contributed by atoms with van der Waals surface area (Å²) >= 11 is 1.66. The maximum absolute atomic E-state index is 10.8. The van der Waals surface area contributed by atoms with Gasteiger partial charge in [-0.3, -0.25) is 4.99 Å². The summed E-state index contributed by atoms with van der Waals surface area (Å²) in [5.41, 5.74) is 1.30. The fourth-order valence-corrected chi connectivity index (χ4v) is 3.29. The molecule has 1 aliphatic heterocycles.